The van der Waals surface area contributed by atoms with Gasteiger partial charge in [0, 0.05) is 36.2 Å². The Morgan fingerprint density at radius 1 is 1.25 bits per heavy atom. The van der Waals surface area contributed by atoms with Crippen LogP contribution in [-0.2, 0) is 4.79 Å². The summed E-state index contributed by atoms with van der Waals surface area (Å²) in [5, 5.41) is 9.95. The van der Waals surface area contributed by atoms with Crippen LogP contribution in [-0.4, -0.2) is 29.5 Å². The van der Waals surface area contributed by atoms with E-state index in [1.807, 2.05) is 51.1 Å². The fourth-order valence-electron chi connectivity index (χ4n) is 2.67. The lowest BCUT2D eigenvalue weighted by Gasteiger charge is -2.13. The topological polar surface area (TPSA) is 49.0 Å². The first kappa shape index (κ1) is 17.8. The molecule has 0 aliphatic rings. The van der Waals surface area contributed by atoms with Crippen LogP contribution in [0.15, 0.2) is 29.8 Å². The van der Waals surface area contributed by atoms with Crippen molar-refractivity contribution in [2.24, 2.45) is 0 Å². The van der Waals surface area contributed by atoms with Gasteiger partial charge in [-0.2, -0.15) is 5.26 Å². The maximum absolute atomic E-state index is 12.1. The number of aryl methyl sites for hydroxylation is 2. The normalized spacial score (nSPS) is 11.3. The minimum absolute atomic E-state index is 0.114. The van der Waals surface area contributed by atoms with E-state index in [-0.39, 0.29) is 11.5 Å². The zero-order chi connectivity index (χ0) is 18.0. The predicted octanol–water partition coefficient (Wildman–Crippen LogP) is 4.05. The second-order valence-corrected chi connectivity index (χ2v) is 6.40. The summed E-state index contributed by atoms with van der Waals surface area (Å²) in [6.45, 7) is 5.98. The van der Waals surface area contributed by atoms with Gasteiger partial charge in [0.15, 0.2) is 0 Å². The molecule has 2 rings (SSSR count). The van der Waals surface area contributed by atoms with Crippen molar-refractivity contribution in [3.63, 3.8) is 0 Å². The Morgan fingerprint density at radius 2 is 1.92 bits per heavy atom. The Morgan fingerprint density at radius 3 is 2.50 bits per heavy atom. The molecule has 0 atom stereocenters. The quantitative estimate of drug-likeness (QED) is 0.624. The van der Waals surface area contributed by atoms with Crippen molar-refractivity contribution in [3.8, 4) is 11.8 Å². The number of amides is 1. The highest BCUT2D eigenvalue weighted by atomic mass is 35.5. The summed E-state index contributed by atoms with van der Waals surface area (Å²) >= 11 is 6.14. The van der Waals surface area contributed by atoms with Crippen LogP contribution >= 0.6 is 11.6 Å². The van der Waals surface area contributed by atoms with Gasteiger partial charge in [0.2, 0.25) is 0 Å². The highest BCUT2D eigenvalue weighted by Gasteiger charge is 2.15. The molecule has 0 radical (unpaired) electrons. The molecule has 5 heteroatoms. The molecule has 24 heavy (non-hydrogen) atoms. The largest absolute Gasteiger partial charge is 0.344 e. The second-order valence-electron chi connectivity index (χ2n) is 5.96. The van der Waals surface area contributed by atoms with E-state index in [9.17, 15) is 10.1 Å². The molecule has 0 unspecified atom stereocenters. The lowest BCUT2D eigenvalue weighted by atomic mass is 10.1. The van der Waals surface area contributed by atoms with Crippen molar-refractivity contribution in [2.75, 3.05) is 14.1 Å². The van der Waals surface area contributed by atoms with Gasteiger partial charge in [-0.25, -0.2) is 0 Å². The Bertz CT molecular complexity index is 869. The van der Waals surface area contributed by atoms with Gasteiger partial charge >= 0.3 is 0 Å². The van der Waals surface area contributed by atoms with Crippen molar-refractivity contribution in [2.45, 2.75) is 20.8 Å². The summed E-state index contributed by atoms with van der Waals surface area (Å²) in [5.41, 5.74) is 5.02. The summed E-state index contributed by atoms with van der Waals surface area (Å²) in [7, 11) is 3.26. The van der Waals surface area contributed by atoms with Gasteiger partial charge in [0.25, 0.3) is 5.91 Å². The number of benzene rings is 1. The van der Waals surface area contributed by atoms with Gasteiger partial charge in [-0.3, -0.25) is 4.79 Å². The molecular formula is C19H20ClN3O. The molecule has 0 aliphatic heterocycles. The smallest absolute Gasteiger partial charge is 0.264 e. The van der Waals surface area contributed by atoms with Crippen molar-refractivity contribution in [1.29, 1.82) is 5.26 Å². The van der Waals surface area contributed by atoms with Crippen molar-refractivity contribution >= 4 is 23.6 Å². The first-order chi connectivity index (χ1) is 11.3. The van der Waals surface area contributed by atoms with E-state index >= 15 is 0 Å². The first-order valence-corrected chi connectivity index (χ1v) is 7.93. The minimum Gasteiger partial charge on any atom is -0.344 e. The van der Waals surface area contributed by atoms with Gasteiger partial charge in [-0.05, 0) is 56.2 Å². The van der Waals surface area contributed by atoms with Gasteiger partial charge in [0.05, 0.1) is 0 Å². The average molecular weight is 342 g/mol. The molecule has 124 valence electrons. The molecule has 0 fully saturated rings. The third-order valence-electron chi connectivity index (χ3n) is 3.94. The molecule has 4 nitrogen and oxygen atoms in total. The summed E-state index contributed by atoms with van der Waals surface area (Å²) in [6, 6.07) is 9.71. The van der Waals surface area contributed by atoms with E-state index in [1.165, 1.54) is 4.90 Å². The van der Waals surface area contributed by atoms with Crippen molar-refractivity contribution in [3.05, 3.63) is 57.4 Å². The van der Waals surface area contributed by atoms with E-state index in [1.54, 1.807) is 20.2 Å². The predicted molar refractivity (Wildman–Crippen MR) is 97.3 cm³/mol. The van der Waals surface area contributed by atoms with E-state index in [4.69, 9.17) is 11.6 Å². The zero-order valence-corrected chi connectivity index (χ0v) is 15.3. The number of carbonyl (C=O) groups excluding carboxylic acids is 1. The van der Waals surface area contributed by atoms with Gasteiger partial charge < -0.3 is 9.47 Å². The summed E-state index contributed by atoms with van der Waals surface area (Å²) in [5.74, 6) is -0.304. The van der Waals surface area contributed by atoms with Gasteiger partial charge in [0.1, 0.15) is 11.6 Å². The van der Waals surface area contributed by atoms with E-state index < -0.39 is 0 Å². The molecule has 1 aromatic carbocycles. The number of rotatable bonds is 3. The van der Waals surface area contributed by atoms with Crippen LogP contribution in [0.1, 0.15) is 22.5 Å². The summed E-state index contributed by atoms with van der Waals surface area (Å²) < 4.78 is 2.09. The highest BCUT2D eigenvalue weighted by molar-refractivity contribution is 6.30. The third kappa shape index (κ3) is 3.37. The van der Waals surface area contributed by atoms with Gasteiger partial charge in [-0.15, -0.1) is 0 Å². The molecule has 1 heterocycles. The number of hydrogen-bond acceptors (Lipinski definition) is 2. The number of likely N-dealkylation sites (N-methyl/N-ethyl adjacent to an activating group) is 1. The number of nitriles is 1. The summed E-state index contributed by atoms with van der Waals surface area (Å²) in [4.78, 5) is 13.5. The minimum atomic E-state index is -0.304. The molecule has 0 N–H and O–H groups in total. The molecule has 0 saturated carbocycles. The molecule has 1 aromatic heterocycles. The number of nitrogens with zero attached hydrogens (tertiary/aromatic N) is 3. The molecule has 0 saturated heterocycles. The summed E-state index contributed by atoms with van der Waals surface area (Å²) in [6.07, 6.45) is 1.64. The van der Waals surface area contributed by atoms with E-state index in [0.717, 1.165) is 28.2 Å². The van der Waals surface area contributed by atoms with E-state index in [2.05, 4.69) is 4.57 Å². The Labute approximate surface area is 147 Å². The molecule has 0 spiro atoms. The monoisotopic (exact) mass is 341 g/mol. The SMILES string of the molecule is Cc1ccc(Cl)cc1-n1c(C)cc(/C=C(/C#N)C(=O)N(C)C)c1C. The van der Waals surface area contributed by atoms with Crippen LogP contribution < -0.4 is 0 Å². The fraction of sp³-hybridized carbons (Fsp3) is 0.263. The average Bonchev–Trinajstić information content (AvgIpc) is 2.80. The lowest BCUT2D eigenvalue weighted by Crippen LogP contribution is -2.22. The van der Waals surface area contributed by atoms with Gasteiger partial charge in [-0.1, -0.05) is 17.7 Å². The lowest BCUT2D eigenvalue weighted by molar-refractivity contribution is -0.124. The Kier molecular flexibility index (Phi) is 5.16. The zero-order valence-electron chi connectivity index (χ0n) is 14.5. The number of halogens is 1. The second kappa shape index (κ2) is 6.94. The standard InChI is InChI=1S/C19H20ClN3O/c1-12-6-7-17(20)10-18(12)23-13(2)8-15(14(23)3)9-16(11-21)19(24)22(4)5/h6-10H,1-5H3/b16-9-. The van der Waals surface area contributed by atoms with Crippen LogP contribution in [0.2, 0.25) is 5.02 Å². The maximum atomic E-state index is 12.1. The number of hydrogen-bond donors (Lipinski definition) is 0. The first-order valence-electron chi connectivity index (χ1n) is 7.55. The molecule has 0 aliphatic carbocycles. The Hall–Kier alpha value is -2.51. The van der Waals surface area contributed by atoms with Crippen LogP contribution in [0, 0.1) is 32.1 Å². The van der Waals surface area contributed by atoms with E-state index in [0.29, 0.717) is 5.02 Å². The highest BCUT2D eigenvalue weighted by Crippen LogP contribution is 2.27. The molecule has 2 aromatic rings. The molecule has 1 amide bonds. The fourth-order valence-corrected chi connectivity index (χ4v) is 2.83. The van der Waals surface area contributed by atoms with Crippen LogP contribution in [0.3, 0.4) is 0 Å². The Balaban J connectivity index is 2.60. The van der Waals surface area contributed by atoms with Crippen LogP contribution in [0.5, 0.6) is 0 Å². The number of aromatic nitrogens is 1. The van der Waals surface area contributed by atoms with Crippen molar-refractivity contribution < 1.29 is 4.79 Å². The third-order valence-corrected chi connectivity index (χ3v) is 4.17. The molecular weight excluding hydrogens is 322 g/mol. The van der Waals surface area contributed by atoms with Crippen LogP contribution in [0.4, 0.5) is 0 Å². The molecule has 0 bridgehead atoms. The maximum Gasteiger partial charge on any atom is 0.264 e. The number of carbonyl (C=O) groups is 1. The van der Waals surface area contributed by atoms with Crippen molar-refractivity contribution in [1.82, 2.24) is 9.47 Å². The van der Waals surface area contributed by atoms with Crippen LogP contribution in [0.25, 0.3) is 11.8 Å².